The Labute approximate surface area is 128 Å². The lowest BCUT2D eigenvalue weighted by Gasteiger charge is -2.32. The van der Waals surface area contributed by atoms with Gasteiger partial charge in [-0.15, -0.1) is 0 Å². The Kier molecular flexibility index (Phi) is 4.74. The van der Waals surface area contributed by atoms with E-state index in [0.29, 0.717) is 24.4 Å². The van der Waals surface area contributed by atoms with Gasteiger partial charge in [-0.2, -0.15) is 0 Å². The van der Waals surface area contributed by atoms with Crippen molar-refractivity contribution in [2.45, 2.75) is 13.0 Å². The molecule has 0 saturated carbocycles. The maximum Gasteiger partial charge on any atom is 0.261 e. The third-order valence-corrected chi connectivity index (χ3v) is 3.54. The Morgan fingerprint density at radius 3 is 2.95 bits per heavy atom. The van der Waals surface area contributed by atoms with Gasteiger partial charge in [0, 0.05) is 13.1 Å². The van der Waals surface area contributed by atoms with Crippen molar-refractivity contribution in [2.75, 3.05) is 19.7 Å². The molecule has 1 fully saturated rings. The molecule has 1 heterocycles. The second kappa shape index (κ2) is 6.53. The van der Waals surface area contributed by atoms with Crippen LogP contribution in [0, 0.1) is 0 Å². The molecule has 112 valence electrons. The summed E-state index contributed by atoms with van der Waals surface area (Å²) in [5, 5.41) is 2.71. The molecular weight excluding hydrogens is 290 g/mol. The minimum absolute atomic E-state index is 0.155. The molecule has 7 heteroatoms. The second-order valence-electron chi connectivity index (χ2n) is 4.70. The maximum atomic E-state index is 12.2. The maximum absolute atomic E-state index is 12.2. The van der Waals surface area contributed by atoms with E-state index >= 15 is 0 Å². The quantitative estimate of drug-likeness (QED) is 0.768. The van der Waals surface area contributed by atoms with E-state index in [0.717, 1.165) is 0 Å². The first-order valence-corrected chi connectivity index (χ1v) is 7.00. The molecule has 6 nitrogen and oxygen atoms in total. The molecule has 1 unspecified atom stereocenters. The molecule has 1 aromatic rings. The van der Waals surface area contributed by atoms with Gasteiger partial charge in [0.2, 0.25) is 5.91 Å². The van der Waals surface area contributed by atoms with Crippen molar-refractivity contribution < 1.29 is 14.3 Å². The first-order chi connectivity index (χ1) is 10.0. The third kappa shape index (κ3) is 3.49. The minimum Gasteiger partial charge on any atom is -0.483 e. The van der Waals surface area contributed by atoms with E-state index in [2.05, 4.69) is 5.32 Å². The van der Waals surface area contributed by atoms with Crippen LogP contribution >= 0.6 is 12.2 Å². The Morgan fingerprint density at radius 2 is 2.24 bits per heavy atom. The fourth-order valence-electron chi connectivity index (χ4n) is 2.14. The minimum atomic E-state index is -0.485. The van der Waals surface area contributed by atoms with Crippen molar-refractivity contribution in [1.82, 2.24) is 10.2 Å². The number of hydrogen-bond acceptors (Lipinski definition) is 4. The van der Waals surface area contributed by atoms with E-state index < -0.39 is 6.04 Å². The van der Waals surface area contributed by atoms with Gasteiger partial charge in [-0.05, 0) is 19.1 Å². The molecular formula is C14H17N3O3S. The van der Waals surface area contributed by atoms with E-state index in [1.165, 1.54) is 4.90 Å². The molecule has 1 saturated heterocycles. The van der Waals surface area contributed by atoms with Crippen LogP contribution < -0.4 is 15.8 Å². The summed E-state index contributed by atoms with van der Waals surface area (Å²) in [4.78, 5) is 25.4. The smallest absolute Gasteiger partial charge is 0.261 e. The van der Waals surface area contributed by atoms with E-state index in [9.17, 15) is 9.59 Å². The highest BCUT2D eigenvalue weighted by Crippen LogP contribution is 2.18. The average molecular weight is 307 g/mol. The number of nitrogens with two attached hydrogens (primary N) is 1. The van der Waals surface area contributed by atoms with Crippen LogP contribution in [0.3, 0.4) is 0 Å². The Bertz CT molecular complexity index is 576. The van der Waals surface area contributed by atoms with Crippen molar-refractivity contribution in [3.8, 4) is 5.75 Å². The zero-order valence-electron chi connectivity index (χ0n) is 11.7. The number of carbonyl (C=O) groups is 2. The molecule has 1 aliphatic heterocycles. The van der Waals surface area contributed by atoms with Gasteiger partial charge >= 0.3 is 0 Å². The van der Waals surface area contributed by atoms with Gasteiger partial charge in [0.25, 0.3) is 5.91 Å². The molecule has 1 aromatic carbocycles. The number of nitrogens with one attached hydrogen (secondary N) is 1. The molecule has 1 atom stereocenters. The number of thiocarbonyl (C=S) groups is 1. The third-order valence-electron chi connectivity index (χ3n) is 3.32. The number of piperazine rings is 1. The summed E-state index contributed by atoms with van der Waals surface area (Å²) in [5.41, 5.74) is 6.19. The predicted octanol–water partition coefficient (Wildman–Crippen LogP) is 0.0465. The first kappa shape index (κ1) is 15.2. The van der Waals surface area contributed by atoms with Crippen LogP contribution in [0.5, 0.6) is 5.75 Å². The zero-order chi connectivity index (χ0) is 15.4. The van der Waals surface area contributed by atoms with Gasteiger partial charge in [0.05, 0.1) is 5.56 Å². The molecule has 21 heavy (non-hydrogen) atoms. The number of ether oxygens (including phenoxy) is 1. The van der Waals surface area contributed by atoms with E-state index in [1.54, 1.807) is 31.2 Å². The van der Waals surface area contributed by atoms with Crippen molar-refractivity contribution in [2.24, 2.45) is 5.73 Å². The summed E-state index contributed by atoms with van der Waals surface area (Å²) in [5.74, 6) is 0.0701. The zero-order valence-corrected chi connectivity index (χ0v) is 12.5. The normalized spacial score (nSPS) is 18.0. The molecule has 0 aliphatic carbocycles. The van der Waals surface area contributed by atoms with Crippen LogP contribution in [0.25, 0.3) is 0 Å². The van der Waals surface area contributed by atoms with Crippen LogP contribution in [-0.4, -0.2) is 47.4 Å². The Morgan fingerprint density at radius 1 is 1.52 bits per heavy atom. The fraction of sp³-hybridized carbons (Fsp3) is 0.357. The van der Waals surface area contributed by atoms with Gasteiger partial charge in [0.1, 0.15) is 16.8 Å². The Balaban J connectivity index is 2.01. The summed E-state index contributed by atoms with van der Waals surface area (Å²) >= 11 is 4.94. The molecule has 0 radical (unpaired) electrons. The molecule has 0 bridgehead atoms. The number of benzene rings is 1. The topological polar surface area (TPSA) is 84.7 Å². The highest BCUT2D eigenvalue weighted by Gasteiger charge is 2.29. The van der Waals surface area contributed by atoms with Gasteiger partial charge in [-0.25, -0.2) is 0 Å². The second-order valence-corrected chi connectivity index (χ2v) is 5.14. The van der Waals surface area contributed by atoms with Gasteiger partial charge < -0.3 is 20.7 Å². The number of hydrogen-bond donors (Lipinski definition) is 2. The molecule has 2 amide bonds. The number of para-hydroxylation sites is 1. The van der Waals surface area contributed by atoms with E-state index in [4.69, 9.17) is 22.7 Å². The van der Waals surface area contributed by atoms with Crippen LogP contribution in [0.15, 0.2) is 24.3 Å². The SMILES string of the molecule is CC1C(=O)NCCN1C(=O)COc1ccccc1C(N)=S. The molecule has 3 N–H and O–H groups in total. The predicted molar refractivity (Wildman–Crippen MR) is 82.0 cm³/mol. The number of amides is 2. The lowest BCUT2D eigenvalue weighted by atomic mass is 10.2. The Hall–Kier alpha value is -2.15. The van der Waals surface area contributed by atoms with E-state index in [1.807, 2.05) is 0 Å². The molecule has 2 rings (SSSR count). The summed E-state index contributed by atoms with van der Waals surface area (Å²) < 4.78 is 5.51. The van der Waals surface area contributed by atoms with Gasteiger partial charge in [-0.3, -0.25) is 9.59 Å². The van der Waals surface area contributed by atoms with E-state index in [-0.39, 0.29) is 23.4 Å². The van der Waals surface area contributed by atoms with Crippen LogP contribution in [0.4, 0.5) is 0 Å². The standard InChI is InChI=1S/C14H17N3O3S/c1-9-14(19)16-6-7-17(9)12(18)8-20-11-5-3-2-4-10(11)13(15)21/h2-5,9H,6-8H2,1H3,(H2,15,21)(H,16,19). The van der Waals surface area contributed by atoms with Crippen molar-refractivity contribution in [3.63, 3.8) is 0 Å². The van der Waals surface area contributed by atoms with Gasteiger partial charge in [-0.1, -0.05) is 24.4 Å². The highest BCUT2D eigenvalue weighted by molar-refractivity contribution is 7.80. The lowest BCUT2D eigenvalue weighted by Crippen LogP contribution is -2.56. The first-order valence-electron chi connectivity index (χ1n) is 6.59. The van der Waals surface area contributed by atoms with Crippen molar-refractivity contribution in [1.29, 1.82) is 0 Å². The summed E-state index contributed by atoms with van der Waals surface area (Å²) in [7, 11) is 0. The summed E-state index contributed by atoms with van der Waals surface area (Å²) in [6, 6.07) is 6.52. The monoisotopic (exact) mass is 307 g/mol. The van der Waals surface area contributed by atoms with Crippen LogP contribution in [-0.2, 0) is 9.59 Å². The van der Waals surface area contributed by atoms with Gasteiger partial charge in [0.15, 0.2) is 6.61 Å². The average Bonchev–Trinajstić information content (AvgIpc) is 2.47. The number of carbonyl (C=O) groups excluding carboxylic acids is 2. The fourth-order valence-corrected chi connectivity index (χ4v) is 2.31. The number of rotatable bonds is 4. The lowest BCUT2D eigenvalue weighted by molar-refractivity contribution is -0.143. The number of nitrogens with zero attached hydrogens (tertiary/aromatic N) is 1. The van der Waals surface area contributed by atoms with Crippen LogP contribution in [0.2, 0.25) is 0 Å². The largest absolute Gasteiger partial charge is 0.483 e. The summed E-state index contributed by atoms with van der Waals surface area (Å²) in [6.07, 6.45) is 0. The highest BCUT2D eigenvalue weighted by atomic mass is 32.1. The van der Waals surface area contributed by atoms with Crippen molar-refractivity contribution in [3.05, 3.63) is 29.8 Å². The van der Waals surface area contributed by atoms with Crippen LogP contribution in [0.1, 0.15) is 12.5 Å². The molecule has 0 aromatic heterocycles. The summed E-state index contributed by atoms with van der Waals surface area (Å²) in [6.45, 7) is 2.47. The van der Waals surface area contributed by atoms with Crippen molar-refractivity contribution >= 4 is 29.0 Å². The molecule has 0 spiro atoms. The molecule has 1 aliphatic rings.